The summed E-state index contributed by atoms with van der Waals surface area (Å²) in [5.41, 5.74) is 11.5. The first-order valence-electron chi connectivity index (χ1n) is 23.5. The van der Waals surface area contributed by atoms with E-state index < -0.39 is 11.2 Å². The van der Waals surface area contributed by atoms with Crippen LogP contribution in [0.5, 0.6) is 11.5 Å². The number of ether oxygens (including phenoxy) is 1. The van der Waals surface area contributed by atoms with E-state index in [9.17, 15) is 15.3 Å². The van der Waals surface area contributed by atoms with Crippen molar-refractivity contribution in [2.24, 2.45) is 0 Å². The normalized spacial score (nSPS) is 12.5. The molecule has 0 aliphatic heterocycles. The fraction of sp³-hybridized carbons (Fsp3) is 0.431. The highest BCUT2D eigenvalue weighted by atomic mass is 16.5. The largest absolute Gasteiger partial charge is 0.508 e. The summed E-state index contributed by atoms with van der Waals surface area (Å²) < 4.78 is 6.10. The molecule has 1 heterocycles. The lowest BCUT2D eigenvalue weighted by Gasteiger charge is -2.34. The van der Waals surface area contributed by atoms with Crippen molar-refractivity contribution < 1.29 is 20.1 Å². The maximum atomic E-state index is 10.6. The van der Waals surface area contributed by atoms with E-state index >= 15 is 0 Å². The summed E-state index contributed by atoms with van der Waals surface area (Å²) in [5, 5.41) is 31.1. The molecule has 0 fully saturated rings. The van der Waals surface area contributed by atoms with Crippen LogP contribution in [0.3, 0.4) is 0 Å². The Hall–Kier alpha value is -4.97. The number of aromatic nitrogens is 1. The molecule has 5 nitrogen and oxygen atoms in total. The summed E-state index contributed by atoms with van der Waals surface area (Å²) in [6, 6.07) is 30.0. The molecule has 0 saturated heterocycles. The van der Waals surface area contributed by atoms with Crippen LogP contribution in [0.15, 0.2) is 109 Å². The predicted octanol–water partition coefficient (Wildman–Crippen LogP) is 14.6. The molecule has 0 radical (unpaired) electrons. The number of phenols is 1. The molecule has 1 aromatic heterocycles. The van der Waals surface area contributed by atoms with Gasteiger partial charge in [0, 0.05) is 28.8 Å². The van der Waals surface area contributed by atoms with Gasteiger partial charge < -0.3 is 20.1 Å². The van der Waals surface area contributed by atoms with Crippen LogP contribution < -0.4 is 4.74 Å². The van der Waals surface area contributed by atoms with E-state index in [-0.39, 0.29) is 10.8 Å². The van der Waals surface area contributed by atoms with Gasteiger partial charge in [-0.1, -0.05) is 146 Å². The summed E-state index contributed by atoms with van der Waals surface area (Å²) in [4.78, 5) is 4.17. The zero-order chi connectivity index (χ0) is 46.4. The Kier molecular flexibility index (Phi) is 18.2. The number of hydrogen-bond donors (Lipinski definition) is 3. The Morgan fingerprint density at radius 3 is 1.29 bits per heavy atom. The van der Waals surface area contributed by atoms with Gasteiger partial charge in [0.2, 0.25) is 0 Å². The van der Waals surface area contributed by atoms with Crippen molar-refractivity contribution in [2.45, 2.75) is 163 Å². The maximum Gasteiger partial charge on any atom is 0.122 e. The summed E-state index contributed by atoms with van der Waals surface area (Å²) in [7, 11) is 0. The number of aryl methyl sites for hydroxylation is 4. The van der Waals surface area contributed by atoms with Crippen LogP contribution in [-0.4, -0.2) is 31.5 Å². The molecule has 0 aliphatic rings. The number of aromatic hydroxyl groups is 1. The van der Waals surface area contributed by atoms with E-state index in [1.165, 1.54) is 33.4 Å². The van der Waals surface area contributed by atoms with E-state index in [1.807, 2.05) is 71.2 Å². The summed E-state index contributed by atoms with van der Waals surface area (Å²) in [5.74, 6) is 1.26. The van der Waals surface area contributed by atoms with Crippen molar-refractivity contribution in [3.05, 3.63) is 171 Å². The first kappa shape index (κ1) is 50.7. The second-order valence-electron chi connectivity index (χ2n) is 17.6. The summed E-state index contributed by atoms with van der Waals surface area (Å²) in [6.45, 7) is 26.0. The first-order valence-corrected chi connectivity index (χ1v) is 23.5. The second kappa shape index (κ2) is 22.6. The van der Waals surface area contributed by atoms with Crippen molar-refractivity contribution in [3.8, 4) is 11.5 Å². The van der Waals surface area contributed by atoms with Crippen LogP contribution in [0.25, 0.3) is 12.2 Å². The topological polar surface area (TPSA) is 82.8 Å². The van der Waals surface area contributed by atoms with Crippen molar-refractivity contribution >= 4 is 12.2 Å². The van der Waals surface area contributed by atoms with Crippen LogP contribution in [0.2, 0.25) is 0 Å². The van der Waals surface area contributed by atoms with Crippen LogP contribution in [0.4, 0.5) is 0 Å². The van der Waals surface area contributed by atoms with E-state index in [1.54, 1.807) is 6.20 Å². The zero-order valence-electron chi connectivity index (χ0n) is 40.6. The van der Waals surface area contributed by atoms with Gasteiger partial charge in [-0.25, -0.2) is 0 Å². The summed E-state index contributed by atoms with van der Waals surface area (Å²) in [6.07, 6.45) is 18.5. The van der Waals surface area contributed by atoms with Crippen LogP contribution in [0.1, 0.15) is 168 Å². The molecule has 0 spiro atoms. The fourth-order valence-corrected chi connectivity index (χ4v) is 8.96. The lowest BCUT2D eigenvalue weighted by molar-refractivity contribution is 0.0832. The molecule has 5 heteroatoms. The van der Waals surface area contributed by atoms with E-state index in [2.05, 4.69) is 132 Å². The third-order valence-electron chi connectivity index (χ3n) is 14.2. The first-order chi connectivity index (χ1) is 30.0. The standard InChI is InChI=1S/C32H41NO2.C26H36O2/c1-7-31(34,8-2)18-17-27-13-14-28(20-24(27)5)32(9-3,10-4)29-15-16-30(25(6)21-29)35-23-26-12-11-19-33-22-26;1-7-25(28,8-2)16-15-21-11-12-22(17-19(21)5)26(9-3,10-4)23-13-14-24(27)20(6)18-23/h11-22,34H,7-10,23H2,1-6H3;11-18,27-28H,7-10H2,1-6H3/b18-17+;16-15+. The summed E-state index contributed by atoms with van der Waals surface area (Å²) >= 11 is 0. The number of rotatable bonds is 19. The molecule has 0 bridgehead atoms. The van der Waals surface area contributed by atoms with Gasteiger partial charge in [0.15, 0.2) is 0 Å². The molecular formula is C58H77NO4. The molecule has 3 N–H and O–H groups in total. The van der Waals surface area contributed by atoms with Gasteiger partial charge in [0.25, 0.3) is 0 Å². The van der Waals surface area contributed by atoms with Gasteiger partial charge in [0.1, 0.15) is 18.1 Å². The quantitative estimate of drug-likeness (QED) is 0.0771. The van der Waals surface area contributed by atoms with E-state index in [0.29, 0.717) is 38.0 Å². The van der Waals surface area contributed by atoms with Crippen molar-refractivity contribution in [2.75, 3.05) is 0 Å². The Labute approximate surface area is 381 Å². The Morgan fingerprint density at radius 1 is 0.508 bits per heavy atom. The fourth-order valence-electron chi connectivity index (χ4n) is 8.96. The third-order valence-corrected chi connectivity index (χ3v) is 14.2. The molecule has 5 rings (SSSR count). The molecule has 0 amide bonds. The lowest BCUT2D eigenvalue weighted by Crippen LogP contribution is -2.26. The molecular weight excluding hydrogens is 775 g/mol. The number of hydrogen-bond acceptors (Lipinski definition) is 5. The minimum atomic E-state index is -0.736. The van der Waals surface area contributed by atoms with E-state index in [0.717, 1.165) is 59.3 Å². The Balaban J connectivity index is 0.000000284. The number of phenolic OH excluding ortho intramolecular Hbond substituents is 1. The van der Waals surface area contributed by atoms with Crippen molar-refractivity contribution in [1.29, 1.82) is 0 Å². The number of benzene rings is 4. The van der Waals surface area contributed by atoms with Gasteiger partial charge in [0.05, 0.1) is 11.2 Å². The lowest BCUT2D eigenvalue weighted by atomic mass is 9.70. The van der Waals surface area contributed by atoms with Gasteiger partial charge in [-0.15, -0.1) is 0 Å². The van der Waals surface area contributed by atoms with Crippen molar-refractivity contribution in [1.82, 2.24) is 4.98 Å². The average molecular weight is 852 g/mol. The second-order valence-corrected chi connectivity index (χ2v) is 17.6. The molecule has 0 atom stereocenters. The highest BCUT2D eigenvalue weighted by Crippen LogP contribution is 2.42. The van der Waals surface area contributed by atoms with Crippen LogP contribution in [0, 0.1) is 27.7 Å². The van der Waals surface area contributed by atoms with Gasteiger partial charge in [-0.05, 0) is 153 Å². The smallest absolute Gasteiger partial charge is 0.122 e. The number of pyridine rings is 1. The molecule has 5 aromatic rings. The number of aliphatic hydroxyl groups is 2. The molecule has 63 heavy (non-hydrogen) atoms. The molecule has 0 saturated carbocycles. The molecule has 0 unspecified atom stereocenters. The SMILES string of the molecule is CCC(O)(/C=C/c1ccc(C(CC)(CC)c2ccc(O)c(C)c2)cc1C)CC.CCC(O)(/C=C/c1ccc(C(CC)(CC)c2ccc(OCc3cccnc3)c(C)c2)cc1C)CC. The van der Waals surface area contributed by atoms with Crippen molar-refractivity contribution in [3.63, 3.8) is 0 Å². The molecule has 0 aliphatic carbocycles. The highest BCUT2D eigenvalue weighted by Gasteiger charge is 2.33. The third kappa shape index (κ3) is 12.0. The molecule has 338 valence electrons. The number of nitrogens with zero attached hydrogens (tertiary/aromatic N) is 1. The monoisotopic (exact) mass is 852 g/mol. The minimum absolute atomic E-state index is 0.0623. The Bertz CT molecular complexity index is 2270. The van der Waals surface area contributed by atoms with Crippen LogP contribution in [-0.2, 0) is 17.4 Å². The van der Waals surface area contributed by atoms with Gasteiger partial charge >= 0.3 is 0 Å². The molecule has 4 aromatic carbocycles. The Morgan fingerprint density at radius 2 is 0.921 bits per heavy atom. The van der Waals surface area contributed by atoms with Gasteiger partial charge in [-0.2, -0.15) is 0 Å². The predicted molar refractivity (Wildman–Crippen MR) is 267 cm³/mol. The average Bonchev–Trinajstić information content (AvgIpc) is 3.30. The van der Waals surface area contributed by atoms with Crippen LogP contribution >= 0.6 is 0 Å². The maximum absolute atomic E-state index is 10.6. The minimum Gasteiger partial charge on any atom is -0.508 e. The van der Waals surface area contributed by atoms with E-state index in [4.69, 9.17) is 4.74 Å². The zero-order valence-corrected chi connectivity index (χ0v) is 40.6. The van der Waals surface area contributed by atoms with Gasteiger partial charge in [-0.3, -0.25) is 4.98 Å². The highest BCUT2D eigenvalue weighted by molar-refractivity contribution is 5.58.